The van der Waals surface area contributed by atoms with E-state index in [9.17, 15) is 32.3 Å². The summed E-state index contributed by atoms with van der Waals surface area (Å²) >= 11 is 0.953. The van der Waals surface area contributed by atoms with Gasteiger partial charge >= 0.3 is 65.5 Å². The number of methoxy groups -OCH3 is 1. The first kappa shape index (κ1) is 36.0. The number of benzene rings is 2. The van der Waals surface area contributed by atoms with E-state index in [0.717, 1.165) is 23.9 Å². The van der Waals surface area contributed by atoms with Crippen LogP contribution in [0.1, 0.15) is 13.8 Å². The third-order valence-corrected chi connectivity index (χ3v) is 6.14. The van der Waals surface area contributed by atoms with Gasteiger partial charge in [0.25, 0.3) is 5.56 Å². The van der Waals surface area contributed by atoms with Crippen molar-refractivity contribution in [3.05, 3.63) is 65.2 Å². The number of alkyl halides is 3. The maximum atomic E-state index is 13.0. The first-order chi connectivity index (χ1) is 17.2. The van der Waals surface area contributed by atoms with Crippen molar-refractivity contribution in [1.82, 2.24) is 9.55 Å². The summed E-state index contributed by atoms with van der Waals surface area (Å²) in [5.41, 5.74) is -1.56. The fraction of sp³-hybridized carbons (Fsp3) is 0.273. The fourth-order valence-corrected chi connectivity index (χ4v) is 4.45. The second kappa shape index (κ2) is 14.7. The number of halogens is 3. The van der Waals surface area contributed by atoms with Crippen LogP contribution < -0.4 is 88.7 Å². The van der Waals surface area contributed by atoms with Gasteiger partial charge < -0.3 is 33.1 Å². The molecular weight excluding hydrogens is 586 g/mol. The minimum absolute atomic E-state index is 0. The van der Waals surface area contributed by atoms with Crippen LogP contribution in [0.4, 0.5) is 13.2 Å². The van der Waals surface area contributed by atoms with Crippen molar-refractivity contribution in [1.29, 1.82) is 0 Å². The topological polar surface area (TPSA) is 135 Å². The molecule has 0 N–H and O–H groups in total. The predicted molar refractivity (Wildman–Crippen MR) is 122 cm³/mol. The van der Waals surface area contributed by atoms with E-state index in [4.69, 9.17) is 9.47 Å². The molecule has 0 atom stereocenters. The van der Waals surface area contributed by atoms with Gasteiger partial charge in [0.1, 0.15) is 18.0 Å². The summed E-state index contributed by atoms with van der Waals surface area (Å²) in [5, 5.41) is 0.0600. The quantitative estimate of drug-likeness (QED) is 0.177. The summed E-state index contributed by atoms with van der Waals surface area (Å²) in [6.45, 7) is 2.44. The summed E-state index contributed by atoms with van der Waals surface area (Å²) in [6, 6.07) is 9.50. The molecule has 1 heterocycles. The van der Waals surface area contributed by atoms with Crippen LogP contribution in [0.25, 0.3) is 5.69 Å². The molecule has 0 radical (unpaired) electrons. The zero-order valence-electron chi connectivity index (χ0n) is 21.6. The SMILES string of the molecule is COc1cc(-n2ccnc(Sc3ccc(OC(F)(F)F)cc3)c2=O)ccc1OCC(C)(C)OP(=O)([O-])[O-].[Na+].[Na+]. The Hall–Kier alpha value is -1.03. The smallest absolute Gasteiger partial charge is 0.790 e. The number of ether oxygens (including phenoxy) is 3. The minimum atomic E-state index is -5.23. The Morgan fingerprint density at radius 3 is 2.26 bits per heavy atom. The summed E-state index contributed by atoms with van der Waals surface area (Å²) < 4.78 is 68.4. The van der Waals surface area contributed by atoms with Crippen molar-refractivity contribution < 1.29 is 105 Å². The zero-order valence-corrected chi connectivity index (χ0v) is 27.3. The van der Waals surface area contributed by atoms with E-state index >= 15 is 0 Å². The molecule has 0 unspecified atom stereocenters. The van der Waals surface area contributed by atoms with Crippen molar-refractivity contribution in [2.24, 2.45) is 0 Å². The number of rotatable bonds is 10. The fourth-order valence-electron chi connectivity index (χ4n) is 2.99. The molecule has 2 aromatic carbocycles. The van der Waals surface area contributed by atoms with Crippen LogP contribution in [0, 0.1) is 0 Å². The molecule has 0 spiro atoms. The number of phosphoric acid groups is 1. The van der Waals surface area contributed by atoms with Gasteiger partial charge in [-0.05, 0) is 50.2 Å². The van der Waals surface area contributed by atoms with E-state index in [0.29, 0.717) is 10.6 Å². The predicted octanol–water partition coefficient (Wildman–Crippen LogP) is -2.70. The molecule has 0 aliphatic carbocycles. The van der Waals surface area contributed by atoms with Crippen LogP contribution in [0.15, 0.2) is 69.6 Å². The van der Waals surface area contributed by atoms with Crippen molar-refractivity contribution in [3.8, 4) is 22.9 Å². The van der Waals surface area contributed by atoms with Gasteiger partial charge in [-0.2, -0.15) is 0 Å². The first-order valence-electron chi connectivity index (χ1n) is 10.3. The van der Waals surface area contributed by atoms with Gasteiger partial charge in [0.15, 0.2) is 16.5 Å². The Bertz CT molecular complexity index is 1350. The second-order valence-corrected chi connectivity index (χ2v) is 10.1. The van der Waals surface area contributed by atoms with E-state index in [1.807, 2.05) is 0 Å². The maximum Gasteiger partial charge on any atom is 1.00 e. The Labute approximate surface area is 270 Å². The van der Waals surface area contributed by atoms with Gasteiger partial charge in [-0.1, -0.05) is 11.8 Å². The third kappa shape index (κ3) is 11.4. The Morgan fingerprint density at radius 2 is 1.69 bits per heavy atom. The van der Waals surface area contributed by atoms with Crippen molar-refractivity contribution in [3.63, 3.8) is 0 Å². The first-order valence-corrected chi connectivity index (χ1v) is 12.6. The minimum Gasteiger partial charge on any atom is -0.790 e. The number of aromatic nitrogens is 2. The normalized spacial score (nSPS) is 11.7. The number of hydrogen-bond donors (Lipinski definition) is 0. The molecule has 17 heteroatoms. The van der Waals surface area contributed by atoms with Gasteiger partial charge in [-0.3, -0.25) is 9.36 Å². The Morgan fingerprint density at radius 1 is 1.05 bits per heavy atom. The van der Waals surface area contributed by atoms with Gasteiger partial charge in [0.05, 0.1) is 20.6 Å². The molecule has 0 aliphatic rings. The summed E-state index contributed by atoms with van der Waals surface area (Å²) in [6.07, 6.45) is -2.02. The molecule has 0 saturated carbocycles. The molecule has 0 aliphatic heterocycles. The summed E-state index contributed by atoms with van der Waals surface area (Å²) in [5.74, 6) is 0.0148. The standard InChI is InChI=1S/C22H22F3N2O8PS.2Na/c1-21(2,35-36(29,30)31)13-33-17-9-4-14(12-18(17)32-3)27-11-10-26-19(20(27)28)37-16-7-5-15(6-8-16)34-22(23,24)25;;/h4-12H,13H2,1-3H3,(H2,29,30,31);;/q;2*+1/p-2. The molecule has 10 nitrogen and oxygen atoms in total. The van der Waals surface area contributed by atoms with Crippen molar-refractivity contribution in [2.45, 2.75) is 35.7 Å². The number of hydrogen-bond acceptors (Lipinski definition) is 10. The third-order valence-electron chi connectivity index (χ3n) is 4.44. The van der Waals surface area contributed by atoms with Gasteiger partial charge in [0.2, 0.25) is 0 Å². The second-order valence-electron chi connectivity index (χ2n) is 7.95. The molecule has 3 aromatic rings. The molecule has 0 fully saturated rings. The molecule has 3 rings (SSSR count). The summed E-state index contributed by atoms with van der Waals surface area (Å²) in [7, 11) is -3.87. The molecule has 0 amide bonds. The van der Waals surface area contributed by atoms with Gasteiger partial charge in [-0.15, -0.1) is 13.2 Å². The van der Waals surface area contributed by atoms with Gasteiger partial charge in [0, 0.05) is 23.4 Å². The number of nitrogens with zero attached hydrogens (tertiary/aromatic N) is 2. The molecule has 0 bridgehead atoms. The van der Waals surface area contributed by atoms with Crippen LogP contribution in [0.3, 0.4) is 0 Å². The average Bonchev–Trinajstić information content (AvgIpc) is 2.78. The largest absolute Gasteiger partial charge is 1.00 e. The van der Waals surface area contributed by atoms with Crippen molar-refractivity contribution in [2.75, 3.05) is 13.7 Å². The van der Waals surface area contributed by atoms with Crippen LogP contribution in [0.2, 0.25) is 0 Å². The molecule has 1 aromatic heterocycles. The number of phosphoric ester groups is 1. The van der Waals surface area contributed by atoms with Crippen LogP contribution in [0.5, 0.6) is 17.2 Å². The van der Waals surface area contributed by atoms with Gasteiger partial charge in [-0.25, -0.2) is 4.98 Å². The van der Waals surface area contributed by atoms with Crippen LogP contribution in [-0.2, 0) is 9.09 Å². The maximum absolute atomic E-state index is 13.0. The van der Waals surface area contributed by atoms with E-state index in [1.54, 1.807) is 0 Å². The zero-order chi connectivity index (χ0) is 27.4. The van der Waals surface area contributed by atoms with E-state index in [-0.39, 0.29) is 82.2 Å². The molecule has 200 valence electrons. The van der Waals surface area contributed by atoms with Crippen molar-refractivity contribution >= 4 is 19.6 Å². The molecular formula is C22H20F3N2Na2O8PS. The van der Waals surface area contributed by atoms with Crippen LogP contribution in [-0.4, -0.2) is 35.2 Å². The summed E-state index contributed by atoms with van der Waals surface area (Å²) in [4.78, 5) is 39.4. The Kier molecular flexibility index (Phi) is 13.6. The van der Waals surface area contributed by atoms with E-state index in [2.05, 4.69) is 14.2 Å². The molecule has 0 saturated heterocycles. The van der Waals surface area contributed by atoms with E-state index < -0.39 is 31.1 Å². The average molecular weight is 606 g/mol. The van der Waals surface area contributed by atoms with Crippen LogP contribution >= 0.6 is 19.6 Å². The monoisotopic (exact) mass is 606 g/mol. The van der Waals surface area contributed by atoms with E-state index in [1.165, 1.54) is 68.2 Å². The Balaban J connectivity index is 0.00000380. The molecule has 39 heavy (non-hydrogen) atoms.